The highest BCUT2D eigenvalue weighted by atomic mass is 32.2. The van der Waals surface area contributed by atoms with E-state index in [-0.39, 0.29) is 6.54 Å². The van der Waals surface area contributed by atoms with Crippen molar-refractivity contribution in [3.05, 3.63) is 77.1 Å². The van der Waals surface area contributed by atoms with Gasteiger partial charge in [-0.05, 0) is 29.3 Å². The van der Waals surface area contributed by atoms with Crippen molar-refractivity contribution in [2.45, 2.75) is 13.0 Å². The molecule has 122 valence electrons. The second-order valence-electron chi connectivity index (χ2n) is 5.70. The molecule has 0 fully saturated rings. The fourth-order valence-electron chi connectivity index (χ4n) is 2.70. The molecule has 0 saturated heterocycles. The van der Waals surface area contributed by atoms with Gasteiger partial charge in [-0.2, -0.15) is 5.26 Å². The van der Waals surface area contributed by atoms with Crippen molar-refractivity contribution in [2.75, 3.05) is 11.6 Å². The zero-order chi connectivity index (χ0) is 17.2. The number of rotatable bonds is 3. The minimum atomic E-state index is -3.44. The minimum absolute atomic E-state index is 0.204. The van der Waals surface area contributed by atoms with Gasteiger partial charge in [-0.25, -0.2) is 8.42 Å². The van der Waals surface area contributed by atoms with Gasteiger partial charge in [0.15, 0.2) is 0 Å². The van der Waals surface area contributed by atoms with Crippen LogP contribution in [0.1, 0.15) is 16.7 Å². The Morgan fingerprint density at radius 2 is 1.96 bits per heavy atom. The molecule has 0 unspecified atom stereocenters. The van der Waals surface area contributed by atoms with Gasteiger partial charge in [0.1, 0.15) is 0 Å². The smallest absolute Gasteiger partial charge is 0.232 e. The Labute approximate surface area is 141 Å². The molecule has 5 nitrogen and oxygen atoms in total. The highest BCUT2D eigenvalue weighted by Crippen LogP contribution is 2.28. The van der Waals surface area contributed by atoms with Gasteiger partial charge in [0.05, 0.1) is 24.4 Å². The maximum atomic E-state index is 12.3. The van der Waals surface area contributed by atoms with E-state index in [0.29, 0.717) is 17.7 Å². The van der Waals surface area contributed by atoms with Crippen LogP contribution in [0.15, 0.2) is 60.4 Å². The molecule has 24 heavy (non-hydrogen) atoms. The van der Waals surface area contributed by atoms with Crippen LogP contribution in [-0.4, -0.2) is 19.0 Å². The molecule has 0 bridgehead atoms. The summed E-state index contributed by atoms with van der Waals surface area (Å²) in [7, 11) is -3.44. The number of sulfonamides is 1. The molecule has 2 aromatic carbocycles. The molecule has 1 aliphatic rings. The molecule has 6 heteroatoms. The van der Waals surface area contributed by atoms with Crippen LogP contribution in [0.25, 0.3) is 0 Å². The topological polar surface area (TPSA) is 73.2 Å². The number of fused-ring (bicyclic) bond motifs is 1. The standard InChI is InChI=1S/C18H17N3O2S/c1-24(22,23)21-13-16-9-15(11-19)7-8-18(16)20-12-17(21)10-14-5-3-2-4-6-14/h2-9,12,20H,10,13H2,1H3. The predicted octanol–water partition coefficient (Wildman–Crippen LogP) is 2.83. The third kappa shape index (κ3) is 3.42. The molecule has 2 aromatic rings. The number of benzene rings is 2. The van der Waals surface area contributed by atoms with Crippen molar-refractivity contribution < 1.29 is 8.42 Å². The molecular weight excluding hydrogens is 322 g/mol. The van der Waals surface area contributed by atoms with Crippen LogP contribution >= 0.6 is 0 Å². The lowest BCUT2D eigenvalue weighted by Crippen LogP contribution is -2.29. The summed E-state index contributed by atoms with van der Waals surface area (Å²) in [5.41, 5.74) is 3.79. The van der Waals surface area contributed by atoms with Gasteiger partial charge in [0.2, 0.25) is 10.0 Å². The Balaban J connectivity index is 2.00. The molecule has 0 spiro atoms. The zero-order valence-electron chi connectivity index (χ0n) is 13.2. The van der Waals surface area contributed by atoms with Crippen molar-refractivity contribution in [2.24, 2.45) is 0 Å². The summed E-state index contributed by atoms with van der Waals surface area (Å²) in [5.74, 6) is 0. The first-order valence-electron chi connectivity index (χ1n) is 7.47. The molecule has 1 heterocycles. The first-order valence-corrected chi connectivity index (χ1v) is 9.32. The summed E-state index contributed by atoms with van der Waals surface area (Å²) in [4.78, 5) is 0. The lowest BCUT2D eigenvalue weighted by Gasteiger charge is -2.24. The van der Waals surface area contributed by atoms with Gasteiger partial charge < -0.3 is 5.32 Å². The SMILES string of the molecule is CS(=O)(=O)N1Cc2cc(C#N)ccc2NC=C1Cc1ccccc1. The van der Waals surface area contributed by atoms with Crippen LogP contribution in [0.3, 0.4) is 0 Å². The summed E-state index contributed by atoms with van der Waals surface area (Å²) >= 11 is 0. The van der Waals surface area contributed by atoms with Gasteiger partial charge in [-0.3, -0.25) is 4.31 Å². The van der Waals surface area contributed by atoms with Gasteiger partial charge in [0.25, 0.3) is 0 Å². The molecule has 0 radical (unpaired) electrons. The minimum Gasteiger partial charge on any atom is -0.360 e. The quantitative estimate of drug-likeness (QED) is 0.933. The monoisotopic (exact) mass is 339 g/mol. The van der Waals surface area contributed by atoms with Gasteiger partial charge in [-0.1, -0.05) is 30.3 Å². The van der Waals surface area contributed by atoms with Crippen molar-refractivity contribution in [1.29, 1.82) is 5.26 Å². The number of anilines is 1. The van der Waals surface area contributed by atoms with E-state index in [1.165, 1.54) is 10.6 Å². The molecule has 0 aliphatic carbocycles. The zero-order valence-corrected chi connectivity index (χ0v) is 14.0. The van der Waals surface area contributed by atoms with Crippen molar-refractivity contribution in [3.8, 4) is 6.07 Å². The third-order valence-corrected chi connectivity index (χ3v) is 5.06. The Bertz CT molecular complexity index is 928. The summed E-state index contributed by atoms with van der Waals surface area (Å²) in [5, 5.41) is 12.2. The van der Waals surface area contributed by atoms with Crippen molar-refractivity contribution in [1.82, 2.24) is 4.31 Å². The maximum Gasteiger partial charge on any atom is 0.232 e. The van der Waals surface area contributed by atoms with E-state index in [1.807, 2.05) is 30.3 Å². The average molecular weight is 339 g/mol. The predicted molar refractivity (Wildman–Crippen MR) is 93.4 cm³/mol. The second kappa shape index (κ2) is 6.38. The van der Waals surface area contributed by atoms with Gasteiger partial charge in [0, 0.05) is 24.0 Å². The highest BCUT2D eigenvalue weighted by Gasteiger charge is 2.24. The number of nitrogens with zero attached hydrogens (tertiary/aromatic N) is 2. The molecular formula is C18H17N3O2S. The Kier molecular flexibility index (Phi) is 4.28. The fraction of sp³-hybridized carbons (Fsp3) is 0.167. The molecule has 1 aliphatic heterocycles. The molecule has 0 atom stereocenters. The lowest BCUT2D eigenvalue weighted by atomic mass is 10.1. The Hall–Kier alpha value is -2.78. The first-order chi connectivity index (χ1) is 11.5. The second-order valence-corrected chi connectivity index (χ2v) is 7.60. The van der Waals surface area contributed by atoms with E-state index in [1.54, 1.807) is 24.4 Å². The number of hydrogen-bond donors (Lipinski definition) is 1. The third-order valence-electron chi connectivity index (χ3n) is 3.89. The Morgan fingerprint density at radius 1 is 1.21 bits per heavy atom. The number of hydrogen-bond acceptors (Lipinski definition) is 4. The summed E-state index contributed by atoms with van der Waals surface area (Å²) < 4.78 is 26.0. The van der Waals surface area contributed by atoms with Crippen molar-refractivity contribution in [3.63, 3.8) is 0 Å². The van der Waals surface area contributed by atoms with Crippen LogP contribution in [0.2, 0.25) is 0 Å². The van der Waals surface area contributed by atoms with Crippen LogP contribution in [-0.2, 0) is 23.0 Å². The van der Waals surface area contributed by atoms with E-state index < -0.39 is 10.0 Å². The average Bonchev–Trinajstić information content (AvgIpc) is 2.75. The van der Waals surface area contributed by atoms with Gasteiger partial charge >= 0.3 is 0 Å². The van der Waals surface area contributed by atoms with Crippen LogP contribution in [0.5, 0.6) is 0 Å². The van der Waals surface area contributed by atoms with Gasteiger partial charge in [-0.15, -0.1) is 0 Å². The molecule has 0 amide bonds. The summed E-state index contributed by atoms with van der Waals surface area (Å²) in [6, 6.07) is 17.0. The van der Waals surface area contributed by atoms with Crippen LogP contribution in [0.4, 0.5) is 5.69 Å². The highest BCUT2D eigenvalue weighted by molar-refractivity contribution is 7.88. The molecule has 0 saturated carbocycles. The first kappa shape index (κ1) is 16.1. The molecule has 3 rings (SSSR count). The largest absolute Gasteiger partial charge is 0.360 e. The Morgan fingerprint density at radius 3 is 2.62 bits per heavy atom. The lowest BCUT2D eigenvalue weighted by molar-refractivity contribution is 0.472. The number of nitrogens with one attached hydrogen (secondary N) is 1. The van der Waals surface area contributed by atoms with E-state index in [0.717, 1.165) is 16.8 Å². The number of allylic oxidation sites excluding steroid dienone is 1. The van der Waals surface area contributed by atoms with Crippen LogP contribution < -0.4 is 5.32 Å². The van der Waals surface area contributed by atoms with E-state index in [2.05, 4.69) is 11.4 Å². The normalized spacial score (nSPS) is 14.0. The van der Waals surface area contributed by atoms with Crippen LogP contribution in [0, 0.1) is 11.3 Å². The van der Waals surface area contributed by atoms with E-state index in [4.69, 9.17) is 5.26 Å². The van der Waals surface area contributed by atoms with E-state index in [9.17, 15) is 8.42 Å². The van der Waals surface area contributed by atoms with Crippen molar-refractivity contribution >= 4 is 15.7 Å². The maximum absolute atomic E-state index is 12.3. The molecule has 1 N–H and O–H groups in total. The summed E-state index contributed by atoms with van der Waals surface area (Å²) in [6.07, 6.45) is 3.43. The fourth-order valence-corrected chi connectivity index (χ4v) is 3.62. The molecule has 0 aromatic heterocycles. The summed E-state index contributed by atoms with van der Waals surface area (Å²) in [6.45, 7) is 0.204. The van der Waals surface area contributed by atoms with E-state index >= 15 is 0 Å². The number of nitriles is 1.